The summed E-state index contributed by atoms with van der Waals surface area (Å²) in [6, 6.07) is 24.2. The first kappa shape index (κ1) is 32.2. The number of aliphatic hydroxyl groups excluding tert-OH is 1. The molecule has 3 aromatic rings. The molecule has 6 atom stereocenters. The van der Waals surface area contributed by atoms with Gasteiger partial charge in [0, 0.05) is 24.5 Å². The molecule has 0 aromatic heterocycles. The van der Waals surface area contributed by atoms with E-state index < -0.39 is 35.6 Å². The molecule has 9 nitrogen and oxygen atoms in total. The van der Waals surface area contributed by atoms with Crippen molar-refractivity contribution < 1.29 is 29.0 Å². The molecule has 9 heteroatoms. The lowest BCUT2D eigenvalue weighted by atomic mass is 9.70. The van der Waals surface area contributed by atoms with Crippen LogP contribution in [0.4, 0.5) is 11.4 Å². The number of hydrogen-bond acceptors (Lipinski definition) is 6. The standard InChI is InChI=1S/C38H41N3O6/c1-4-22-39(27-14-10-7-11-15-27)35(43)32-31-20-21-38(47-31)33(32)36(44)41(29(25-42)24-26-12-8-6-9-13-26)34(38)37(45)40(23-5-2)28-16-18-30(46-3)19-17-28/h4-19,29,31-34,42H,1-2,20-25H2,3H3/t29-,31-,32+,33+,34?,38?/m1/s1. The molecule has 0 aliphatic carbocycles. The summed E-state index contributed by atoms with van der Waals surface area (Å²) in [5.74, 6) is -2.00. The highest BCUT2D eigenvalue weighted by Gasteiger charge is 2.75. The van der Waals surface area contributed by atoms with Gasteiger partial charge in [-0.2, -0.15) is 0 Å². The van der Waals surface area contributed by atoms with Gasteiger partial charge in [0.1, 0.15) is 17.4 Å². The number of amides is 3. The van der Waals surface area contributed by atoms with Crippen LogP contribution in [0.25, 0.3) is 0 Å². The van der Waals surface area contributed by atoms with Gasteiger partial charge in [0.2, 0.25) is 11.8 Å². The Morgan fingerprint density at radius 1 is 0.957 bits per heavy atom. The molecule has 47 heavy (non-hydrogen) atoms. The van der Waals surface area contributed by atoms with Crippen LogP contribution in [0.2, 0.25) is 0 Å². The Morgan fingerprint density at radius 3 is 2.15 bits per heavy atom. The number of likely N-dealkylation sites (tertiary alicyclic amines) is 1. The molecule has 3 aromatic carbocycles. The molecular formula is C38H41N3O6. The van der Waals surface area contributed by atoms with Gasteiger partial charge in [-0.1, -0.05) is 60.7 Å². The van der Waals surface area contributed by atoms with E-state index in [1.54, 1.807) is 53.3 Å². The lowest BCUT2D eigenvalue weighted by Gasteiger charge is -2.39. The fourth-order valence-electron chi connectivity index (χ4n) is 7.78. The lowest BCUT2D eigenvalue weighted by Crippen LogP contribution is -2.59. The van der Waals surface area contributed by atoms with Crippen molar-refractivity contribution in [3.8, 4) is 5.75 Å². The molecule has 3 saturated heterocycles. The molecule has 3 heterocycles. The third-order valence-electron chi connectivity index (χ3n) is 9.78. The second kappa shape index (κ2) is 13.6. The number of anilines is 2. The van der Waals surface area contributed by atoms with E-state index in [0.29, 0.717) is 36.4 Å². The largest absolute Gasteiger partial charge is 0.497 e. The van der Waals surface area contributed by atoms with E-state index >= 15 is 0 Å². The highest BCUT2D eigenvalue weighted by Crippen LogP contribution is 2.59. The summed E-state index contributed by atoms with van der Waals surface area (Å²) in [6.45, 7) is 7.83. The van der Waals surface area contributed by atoms with Crippen LogP contribution in [0.1, 0.15) is 18.4 Å². The number of methoxy groups -OCH3 is 1. The Labute approximate surface area is 275 Å². The molecular weight excluding hydrogens is 594 g/mol. The van der Waals surface area contributed by atoms with E-state index in [0.717, 1.165) is 5.56 Å². The number of ether oxygens (including phenoxy) is 2. The number of aliphatic hydroxyl groups is 1. The van der Waals surface area contributed by atoms with Gasteiger partial charge in [0.25, 0.3) is 5.91 Å². The second-order valence-corrected chi connectivity index (χ2v) is 12.3. The molecule has 0 saturated carbocycles. The number of para-hydroxylation sites is 1. The molecule has 3 amide bonds. The Balaban J connectivity index is 1.44. The van der Waals surface area contributed by atoms with Gasteiger partial charge < -0.3 is 29.3 Å². The van der Waals surface area contributed by atoms with E-state index in [9.17, 15) is 19.5 Å². The van der Waals surface area contributed by atoms with Gasteiger partial charge in [-0.25, -0.2) is 0 Å². The maximum Gasteiger partial charge on any atom is 0.253 e. The van der Waals surface area contributed by atoms with E-state index in [4.69, 9.17) is 9.47 Å². The predicted octanol–water partition coefficient (Wildman–Crippen LogP) is 4.41. The average Bonchev–Trinajstić information content (AvgIpc) is 3.76. The van der Waals surface area contributed by atoms with E-state index in [1.807, 2.05) is 60.7 Å². The molecule has 3 fully saturated rings. The fourth-order valence-corrected chi connectivity index (χ4v) is 7.78. The van der Waals surface area contributed by atoms with E-state index in [1.165, 1.54) is 4.90 Å². The van der Waals surface area contributed by atoms with Crippen LogP contribution in [-0.4, -0.2) is 78.3 Å². The number of fused-ring (bicyclic) bond motifs is 1. The summed E-state index contributed by atoms with van der Waals surface area (Å²) < 4.78 is 12.1. The minimum Gasteiger partial charge on any atom is -0.497 e. The monoisotopic (exact) mass is 635 g/mol. The first-order chi connectivity index (χ1) is 22.9. The average molecular weight is 636 g/mol. The smallest absolute Gasteiger partial charge is 0.253 e. The zero-order valence-corrected chi connectivity index (χ0v) is 26.6. The van der Waals surface area contributed by atoms with Crippen LogP contribution in [0, 0.1) is 11.8 Å². The molecule has 3 aliphatic rings. The number of carbonyl (C=O) groups is 3. The Morgan fingerprint density at radius 2 is 1.55 bits per heavy atom. The predicted molar refractivity (Wildman–Crippen MR) is 180 cm³/mol. The van der Waals surface area contributed by atoms with Crippen molar-refractivity contribution in [2.24, 2.45) is 11.8 Å². The van der Waals surface area contributed by atoms with Gasteiger partial charge in [-0.05, 0) is 61.2 Å². The first-order valence-corrected chi connectivity index (χ1v) is 16.1. The number of carbonyl (C=O) groups excluding carboxylic acids is 3. The van der Waals surface area contributed by atoms with Crippen LogP contribution >= 0.6 is 0 Å². The van der Waals surface area contributed by atoms with Crippen LogP contribution in [0.5, 0.6) is 5.75 Å². The minimum atomic E-state index is -1.24. The number of rotatable bonds is 13. The first-order valence-electron chi connectivity index (χ1n) is 16.1. The van der Waals surface area contributed by atoms with Crippen molar-refractivity contribution in [1.82, 2.24) is 4.90 Å². The Bertz CT molecular complexity index is 1610. The lowest BCUT2D eigenvalue weighted by molar-refractivity contribution is -0.144. The van der Waals surface area contributed by atoms with Crippen LogP contribution < -0.4 is 14.5 Å². The van der Waals surface area contributed by atoms with Crippen molar-refractivity contribution in [2.45, 2.75) is 43.1 Å². The second-order valence-electron chi connectivity index (χ2n) is 12.3. The number of benzene rings is 3. The Kier molecular flexibility index (Phi) is 9.29. The van der Waals surface area contributed by atoms with E-state index in [2.05, 4.69) is 13.2 Å². The zero-order valence-electron chi connectivity index (χ0n) is 26.6. The molecule has 3 aliphatic heterocycles. The number of nitrogens with zero attached hydrogens (tertiary/aromatic N) is 3. The summed E-state index contributed by atoms with van der Waals surface area (Å²) in [6.07, 6.45) is 4.06. The van der Waals surface area contributed by atoms with Crippen LogP contribution in [0.3, 0.4) is 0 Å². The maximum atomic E-state index is 15.0. The van der Waals surface area contributed by atoms with Gasteiger partial charge in [0.15, 0.2) is 0 Å². The third kappa shape index (κ3) is 5.64. The van der Waals surface area contributed by atoms with Crippen LogP contribution in [0.15, 0.2) is 110 Å². The zero-order chi connectivity index (χ0) is 33.1. The van der Waals surface area contributed by atoms with Crippen LogP contribution in [-0.2, 0) is 25.5 Å². The molecule has 244 valence electrons. The highest BCUT2D eigenvalue weighted by molar-refractivity contribution is 6.06. The summed E-state index contributed by atoms with van der Waals surface area (Å²) >= 11 is 0. The highest BCUT2D eigenvalue weighted by atomic mass is 16.5. The normalized spacial score (nSPS) is 24.8. The third-order valence-corrected chi connectivity index (χ3v) is 9.78. The molecule has 1 N–H and O–H groups in total. The topological polar surface area (TPSA) is 99.6 Å². The minimum absolute atomic E-state index is 0.180. The van der Waals surface area contributed by atoms with Gasteiger partial charge >= 0.3 is 0 Å². The molecule has 2 unspecified atom stereocenters. The molecule has 1 spiro atoms. The molecule has 2 bridgehead atoms. The van der Waals surface area contributed by atoms with E-state index in [-0.39, 0.29) is 37.4 Å². The molecule has 6 rings (SSSR count). The van der Waals surface area contributed by atoms with Crippen molar-refractivity contribution in [2.75, 3.05) is 36.6 Å². The van der Waals surface area contributed by atoms with Crippen molar-refractivity contribution >= 4 is 29.1 Å². The van der Waals surface area contributed by atoms with Crippen molar-refractivity contribution in [3.63, 3.8) is 0 Å². The van der Waals surface area contributed by atoms with Crippen molar-refractivity contribution in [1.29, 1.82) is 0 Å². The quantitative estimate of drug-likeness (QED) is 0.280. The van der Waals surface area contributed by atoms with Crippen molar-refractivity contribution in [3.05, 3.63) is 116 Å². The SMILES string of the molecule is C=CCN(C(=O)C1N([C@@H](CO)Cc2ccccc2)C(=O)[C@@H]2[C@@H](C(=O)N(CC=C)c3ccccc3)[C@H]3CCC12O3)c1ccc(OC)cc1. The molecule has 0 radical (unpaired) electrons. The Hall–Kier alpha value is -4.73. The van der Waals surface area contributed by atoms with Gasteiger partial charge in [-0.15, -0.1) is 13.2 Å². The summed E-state index contributed by atoms with van der Waals surface area (Å²) in [5.41, 5.74) is 0.967. The summed E-state index contributed by atoms with van der Waals surface area (Å²) in [7, 11) is 1.57. The fraction of sp³-hybridized carbons (Fsp3) is 0.342. The van der Waals surface area contributed by atoms with Gasteiger partial charge in [0.05, 0.1) is 37.7 Å². The summed E-state index contributed by atoms with van der Waals surface area (Å²) in [5, 5.41) is 10.8. The summed E-state index contributed by atoms with van der Waals surface area (Å²) in [4.78, 5) is 49.1. The number of hydrogen-bond donors (Lipinski definition) is 1. The maximum absolute atomic E-state index is 15.0. The van der Waals surface area contributed by atoms with Gasteiger partial charge in [-0.3, -0.25) is 14.4 Å².